The molecule has 3 rings (SSSR count). The quantitative estimate of drug-likeness (QED) is 0.562. The zero-order valence-electron chi connectivity index (χ0n) is 14.8. The number of amides is 1. The zero-order chi connectivity index (χ0) is 18.9. The third-order valence-corrected chi connectivity index (χ3v) is 4.07. The van der Waals surface area contributed by atoms with E-state index in [2.05, 4.69) is 17.2 Å². The number of rotatable bonds is 5. The van der Waals surface area contributed by atoms with Crippen molar-refractivity contribution in [2.45, 2.75) is 12.5 Å². The molecule has 27 heavy (non-hydrogen) atoms. The lowest BCUT2D eigenvalue weighted by atomic mass is 10.0. The number of benzene rings is 3. The van der Waals surface area contributed by atoms with Crippen molar-refractivity contribution in [3.8, 4) is 11.8 Å². The maximum Gasteiger partial charge on any atom is 0.253 e. The van der Waals surface area contributed by atoms with Crippen molar-refractivity contribution in [3.05, 3.63) is 107 Å². The van der Waals surface area contributed by atoms with Gasteiger partial charge in [0.05, 0.1) is 11.6 Å². The second kappa shape index (κ2) is 9.17. The Morgan fingerprint density at radius 3 is 2.19 bits per heavy atom. The molecule has 132 valence electrons. The van der Waals surface area contributed by atoms with E-state index in [1.165, 1.54) is 0 Å². The first-order chi connectivity index (χ1) is 13.3. The molecule has 1 N–H and O–H groups in total. The number of hydrogen-bond donors (Lipinski definition) is 1. The summed E-state index contributed by atoms with van der Waals surface area (Å²) in [4.78, 5) is 24.1. The minimum atomic E-state index is -0.588. The van der Waals surface area contributed by atoms with E-state index in [0.717, 1.165) is 17.4 Å². The van der Waals surface area contributed by atoms with E-state index in [4.69, 9.17) is 0 Å². The Morgan fingerprint density at radius 1 is 0.852 bits per heavy atom. The molecule has 0 aliphatic heterocycles. The Labute approximate surface area is 159 Å². The standard InChI is InChI=1S/C24H19NO2/c26-18-22(17-20-11-5-2-6-12-20)25-24(27)23-14-8-7-13-21(23)16-15-19-9-3-1-4-10-19/h1-14,18,22H,17H2,(H,25,27)/t22-/m0/s1. The summed E-state index contributed by atoms with van der Waals surface area (Å²) in [6, 6.07) is 25.8. The molecule has 0 unspecified atom stereocenters. The predicted octanol–water partition coefficient (Wildman–Crippen LogP) is 3.63. The second-order valence-corrected chi connectivity index (χ2v) is 6.07. The fraction of sp³-hybridized carbons (Fsp3) is 0.0833. The molecule has 0 heterocycles. The molecule has 0 radical (unpaired) electrons. The molecule has 3 aromatic carbocycles. The van der Waals surface area contributed by atoms with E-state index in [1.54, 1.807) is 18.2 Å². The maximum absolute atomic E-state index is 12.7. The minimum Gasteiger partial charge on any atom is -0.342 e. The van der Waals surface area contributed by atoms with Crippen molar-refractivity contribution in [2.75, 3.05) is 0 Å². The normalized spacial score (nSPS) is 11.0. The van der Waals surface area contributed by atoms with Gasteiger partial charge in [0, 0.05) is 11.1 Å². The van der Waals surface area contributed by atoms with Gasteiger partial charge in [-0.2, -0.15) is 0 Å². The van der Waals surface area contributed by atoms with Crippen molar-refractivity contribution in [1.82, 2.24) is 5.32 Å². The molecule has 3 nitrogen and oxygen atoms in total. The summed E-state index contributed by atoms with van der Waals surface area (Å²) >= 11 is 0. The molecule has 3 heteroatoms. The van der Waals surface area contributed by atoms with Crippen LogP contribution in [-0.2, 0) is 11.2 Å². The highest BCUT2D eigenvalue weighted by Crippen LogP contribution is 2.09. The van der Waals surface area contributed by atoms with Gasteiger partial charge in [-0.15, -0.1) is 0 Å². The van der Waals surface area contributed by atoms with Crippen LogP contribution in [0.5, 0.6) is 0 Å². The van der Waals surface area contributed by atoms with Crippen LogP contribution in [0.4, 0.5) is 0 Å². The van der Waals surface area contributed by atoms with Gasteiger partial charge in [-0.3, -0.25) is 4.79 Å². The van der Waals surface area contributed by atoms with Gasteiger partial charge in [-0.25, -0.2) is 0 Å². The average molecular weight is 353 g/mol. The summed E-state index contributed by atoms with van der Waals surface area (Å²) in [5.74, 6) is 5.81. The summed E-state index contributed by atoms with van der Waals surface area (Å²) in [5, 5.41) is 2.80. The molecule has 0 saturated heterocycles. The summed E-state index contributed by atoms with van der Waals surface area (Å²) < 4.78 is 0. The van der Waals surface area contributed by atoms with Crippen molar-refractivity contribution in [3.63, 3.8) is 0 Å². The number of nitrogens with one attached hydrogen (secondary N) is 1. The first-order valence-electron chi connectivity index (χ1n) is 8.72. The van der Waals surface area contributed by atoms with E-state index in [1.807, 2.05) is 66.7 Å². The van der Waals surface area contributed by atoms with E-state index >= 15 is 0 Å². The SMILES string of the molecule is O=C[C@H](Cc1ccccc1)NC(=O)c1ccccc1C#Cc1ccccc1. The smallest absolute Gasteiger partial charge is 0.253 e. The van der Waals surface area contributed by atoms with Crippen molar-refractivity contribution < 1.29 is 9.59 Å². The van der Waals surface area contributed by atoms with Crippen LogP contribution in [0.1, 0.15) is 27.0 Å². The van der Waals surface area contributed by atoms with Gasteiger partial charge < -0.3 is 10.1 Å². The summed E-state index contributed by atoms with van der Waals surface area (Å²) in [6.45, 7) is 0. The molecule has 0 saturated carbocycles. The number of carbonyl (C=O) groups is 2. The maximum atomic E-state index is 12.7. The third-order valence-electron chi connectivity index (χ3n) is 4.07. The van der Waals surface area contributed by atoms with Crippen LogP contribution in [0.2, 0.25) is 0 Å². The van der Waals surface area contributed by atoms with Crippen LogP contribution in [0.3, 0.4) is 0 Å². The van der Waals surface area contributed by atoms with Crippen LogP contribution in [0.15, 0.2) is 84.9 Å². The van der Waals surface area contributed by atoms with Crippen LogP contribution in [-0.4, -0.2) is 18.2 Å². The highest BCUT2D eigenvalue weighted by Gasteiger charge is 2.15. The first kappa shape index (κ1) is 18.2. The Morgan fingerprint density at radius 2 is 1.48 bits per heavy atom. The first-order valence-corrected chi connectivity index (χ1v) is 8.72. The van der Waals surface area contributed by atoms with E-state index in [0.29, 0.717) is 17.5 Å². The van der Waals surface area contributed by atoms with Crippen LogP contribution >= 0.6 is 0 Å². The van der Waals surface area contributed by atoms with Crippen molar-refractivity contribution in [1.29, 1.82) is 0 Å². The van der Waals surface area contributed by atoms with Crippen molar-refractivity contribution in [2.24, 2.45) is 0 Å². The minimum absolute atomic E-state index is 0.305. The highest BCUT2D eigenvalue weighted by atomic mass is 16.2. The van der Waals surface area contributed by atoms with Crippen LogP contribution < -0.4 is 5.32 Å². The largest absolute Gasteiger partial charge is 0.342 e. The van der Waals surface area contributed by atoms with Crippen molar-refractivity contribution >= 4 is 12.2 Å². The molecule has 0 aliphatic rings. The van der Waals surface area contributed by atoms with Gasteiger partial charge >= 0.3 is 0 Å². The number of carbonyl (C=O) groups excluding carboxylic acids is 2. The molecule has 1 atom stereocenters. The molecule has 0 fully saturated rings. The molecule has 0 bridgehead atoms. The van der Waals surface area contributed by atoms with E-state index < -0.39 is 6.04 Å². The fourth-order valence-electron chi connectivity index (χ4n) is 2.70. The Hall–Kier alpha value is -3.64. The van der Waals surface area contributed by atoms with Gasteiger partial charge in [0.15, 0.2) is 0 Å². The number of aldehydes is 1. The number of hydrogen-bond acceptors (Lipinski definition) is 2. The second-order valence-electron chi connectivity index (χ2n) is 6.07. The Bertz CT molecular complexity index is 969. The van der Waals surface area contributed by atoms with Gasteiger partial charge in [-0.1, -0.05) is 72.5 Å². The zero-order valence-corrected chi connectivity index (χ0v) is 14.8. The molecule has 0 aromatic heterocycles. The molecule has 3 aromatic rings. The van der Waals surface area contributed by atoms with Gasteiger partial charge in [0.1, 0.15) is 6.29 Å². The predicted molar refractivity (Wildman–Crippen MR) is 106 cm³/mol. The van der Waals surface area contributed by atoms with E-state index in [9.17, 15) is 9.59 Å². The highest BCUT2D eigenvalue weighted by molar-refractivity contribution is 5.98. The fourth-order valence-corrected chi connectivity index (χ4v) is 2.70. The molecular weight excluding hydrogens is 334 g/mol. The van der Waals surface area contributed by atoms with Gasteiger partial charge in [-0.05, 0) is 36.2 Å². The van der Waals surface area contributed by atoms with Crippen LogP contribution in [0, 0.1) is 11.8 Å². The van der Waals surface area contributed by atoms with Crippen LogP contribution in [0.25, 0.3) is 0 Å². The molecule has 0 spiro atoms. The van der Waals surface area contributed by atoms with Gasteiger partial charge in [0.25, 0.3) is 5.91 Å². The third kappa shape index (κ3) is 5.17. The van der Waals surface area contributed by atoms with E-state index in [-0.39, 0.29) is 5.91 Å². The summed E-state index contributed by atoms with van der Waals surface area (Å²) in [5.41, 5.74) is 2.96. The lowest BCUT2D eigenvalue weighted by Gasteiger charge is -2.13. The molecule has 1 amide bonds. The van der Waals surface area contributed by atoms with Gasteiger partial charge in [0.2, 0.25) is 0 Å². The summed E-state index contributed by atoms with van der Waals surface area (Å²) in [7, 11) is 0. The monoisotopic (exact) mass is 353 g/mol. The Kier molecular flexibility index (Phi) is 6.17. The lowest BCUT2D eigenvalue weighted by Crippen LogP contribution is -2.37. The summed E-state index contributed by atoms with van der Waals surface area (Å²) in [6.07, 6.45) is 1.22. The molecule has 0 aliphatic carbocycles. The topological polar surface area (TPSA) is 46.2 Å². The lowest BCUT2D eigenvalue weighted by molar-refractivity contribution is -0.109. The molecular formula is C24H19NO2. The Balaban J connectivity index is 1.77. The average Bonchev–Trinajstić information content (AvgIpc) is 2.73.